The smallest absolute Gasteiger partial charge is 0.294 e. The molecule has 0 amide bonds. The molecule has 27 heavy (non-hydrogen) atoms. The average Bonchev–Trinajstić information content (AvgIpc) is 3.02. The van der Waals surface area contributed by atoms with Gasteiger partial charge in [-0.1, -0.05) is 23.2 Å². The van der Waals surface area contributed by atoms with Crippen molar-refractivity contribution in [1.82, 2.24) is 14.8 Å². The summed E-state index contributed by atoms with van der Waals surface area (Å²) in [6, 6.07) is 4.77. The zero-order valence-corrected chi connectivity index (χ0v) is 15.5. The molecule has 0 aliphatic carbocycles. The Labute approximate surface area is 162 Å². The first kappa shape index (κ1) is 19.0. The number of pyridine rings is 1. The summed E-state index contributed by atoms with van der Waals surface area (Å²) in [5.41, 5.74) is -0.0201. The van der Waals surface area contributed by atoms with Gasteiger partial charge in [-0.2, -0.15) is 5.10 Å². The van der Waals surface area contributed by atoms with Crippen LogP contribution in [-0.2, 0) is 10.0 Å². The largest absolute Gasteiger partial charge is 0.347 e. The summed E-state index contributed by atoms with van der Waals surface area (Å²) in [5, 5.41) is 23.8. The minimum absolute atomic E-state index is 0.0575. The minimum atomic E-state index is -4.07. The molecule has 13 heteroatoms. The van der Waals surface area contributed by atoms with Crippen molar-refractivity contribution in [2.24, 2.45) is 5.14 Å². The van der Waals surface area contributed by atoms with Crippen LogP contribution in [0.3, 0.4) is 0 Å². The third kappa shape index (κ3) is 4.17. The van der Waals surface area contributed by atoms with E-state index in [1.54, 1.807) is 0 Å². The first-order valence-corrected chi connectivity index (χ1v) is 9.40. The number of rotatable bonds is 5. The molecule has 3 rings (SSSR count). The summed E-state index contributed by atoms with van der Waals surface area (Å²) in [7, 11) is -4.07. The Morgan fingerprint density at radius 3 is 2.59 bits per heavy atom. The molecule has 0 unspecified atom stereocenters. The second kappa shape index (κ2) is 7.12. The highest BCUT2D eigenvalue weighted by atomic mass is 35.5. The first-order valence-electron chi connectivity index (χ1n) is 7.09. The molecule has 140 valence electrons. The van der Waals surface area contributed by atoms with Gasteiger partial charge in [0.15, 0.2) is 5.82 Å². The third-order valence-corrected chi connectivity index (χ3v) is 4.76. The van der Waals surface area contributed by atoms with E-state index in [0.29, 0.717) is 16.5 Å². The molecule has 0 radical (unpaired) electrons. The predicted molar refractivity (Wildman–Crippen MR) is 99.1 cm³/mol. The van der Waals surface area contributed by atoms with E-state index < -0.39 is 20.6 Å². The van der Waals surface area contributed by atoms with Crippen LogP contribution < -0.4 is 10.5 Å². The Morgan fingerprint density at radius 1 is 1.22 bits per heavy atom. The maximum Gasteiger partial charge on any atom is 0.294 e. The van der Waals surface area contributed by atoms with Crippen molar-refractivity contribution >= 4 is 50.3 Å². The molecule has 0 atom stereocenters. The SMILES string of the molecule is NS(=O)(=O)c1ccc(Nc2cnn(-c3ncc(Cl)cc3Cl)c2)c([N+](=O)[O-])c1. The number of sulfonamides is 1. The number of hydrogen-bond donors (Lipinski definition) is 2. The van der Waals surface area contributed by atoms with Crippen LogP contribution in [0.1, 0.15) is 0 Å². The average molecular weight is 429 g/mol. The van der Waals surface area contributed by atoms with Gasteiger partial charge in [-0.3, -0.25) is 10.1 Å². The van der Waals surface area contributed by atoms with Crippen LogP contribution in [0.15, 0.2) is 47.8 Å². The standard InChI is InChI=1S/C14H10Cl2N6O4S/c15-8-3-11(16)14(18-5-8)21-7-9(6-19-21)20-12-2-1-10(27(17,25)26)4-13(12)22(23)24/h1-7,20H,(H2,17,25,26). The van der Waals surface area contributed by atoms with Gasteiger partial charge in [-0.25, -0.2) is 23.2 Å². The van der Waals surface area contributed by atoms with E-state index in [4.69, 9.17) is 28.3 Å². The monoisotopic (exact) mass is 428 g/mol. The van der Waals surface area contributed by atoms with Crippen molar-refractivity contribution in [2.45, 2.75) is 4.90 Å². The van der Waals surface area contributed by atoms with Gasteiger partial charge in [-0.05, 0) is 18.2 Å². The quantitative estimate of drug-likeness (QED) is 0.468. The van der Waals surface area contributed by atoms with Crippen LogP contribution in [0, 0.1) is 10.1 Å². The summed E-state index contributed by atoms with van der Waals surface area (Å²) in [6.45, 7) is 0. The summed E-state index contributed by atoms with van der Waals surface area (Å²) in [4.78, 5) is 14.2. The maximum atomic E-state index is 11.4. The second-order valence-corrected chi connectivity index (χ2v) is 7.64. The molecule has 2 heterocycles. The highest BCUT2D eigenvalue weighted by molar-refractivity contribution is 7.89. The van der Waals surface area contributed by atoms with Crippen LogP contribution in [0.4, 0.5) is 17.1 Å². The number of anilines is 2. The van der Waals surface area contributed by atoms with E-state index in [2.05, 4.69) is 15.4 Å². The fourth-order valence-electron chi connectivity index (χ4n) is 2.18. The van der Waals surface area contributed by atoms with E-state index >= 15 is 0 Å². The van der Waals surface area contributed by atoms with E-state index in [1.807, 2.05) is 0 Å². The van der Waals surface area contributed by atoms with E-state index in [0.717, 1.165) is 12.1 Å². The summed E-state index contributed by atoms with van der Waals surface area (Å²) in [5.74, 6) is 0.313. The summed E-state index contributed by atoms with van der Waals surface area (Å²) >= 11 is 11.9. The zero-order chi connectivity index (χ0) is 19.8. The van der Waals surface area contributed by atoms with Gasteiger partial charge in [0.1, 0.15) is 5.69 Å². The molecule has 1 aromatic carbocycles. The predicted octanol–water partition coefficient (Wildman–Crippen LogP) is 2.87. The first-order chi connectivity index (χ1) is 12.6. The van der Waals surface area contributed by atoms with Gasteiger partial charge in [0.05, 0.1) is 37.9 Å². The number of nitrogens with two attached hydrogens (primary N) is 1. The molecule has 0 aliphatic heterocycles. The highest BCUT2D eigenvalue weighted by Gasteiger charge is 2.19. The molecule has 3 N–H and O–H groups in total. The van der Waals surface area contributed by atoms with Crippen LogP contribution in [0.5, 0.6) is 0 Å². The topological polar surface area (TPSA) is 146 Å². The lowest BCUT2D eigenvalue weighted by molar-refractivity contribution is -0.384. The lowest BCUT2D eigenvalue weighted by atomic mass is 10.2. The fourth-order valence-corrected chi connectivity index (χ4v) is 3.18. The molecular formula is C14H10Cl2N6O4S. The maximum absolute atomic E-state index is 11.4. The molecule has 0 fully saturated rings. The van der Waals surface area contributed by atoms with Crippen LogP contribution in [-0.4, -0.2) is 28.1 Å². The number of nitro groups is 1. The van der Waals surface area contributed by atoms with Gasteiger partial charge < -0.3 is 5.32 Å². The Kier molecular flexibility index (Phi) is 5.02. The van der Waals surface area contributed by atoms with Crippen molar-refractivity contribution in [3.63, 3.8) is 0 Å². The van der Waals surface area contributed by atoms with Gasteiger partial charge >= 0.3 is 0 Å². The Bertz CT molecular complexity index is 1150. The Hall–Kier alpha value is -2.73. The Balaban J connectivity index is 1.94. The normalized spacial score (nSPS) is 11.4. The third-order valence-electron chi connectivity index (χ3n) is 3.36. The highest BCUT2D eigenvalue weighted by Crippen LogP contribution is 2.30. The lowest BCUT2D eigenvalue weighted by Crippen LogP contribution is -2.12. The molecule has 0 bridgehead atoms. The second-order valence-electron chi connectivity index (χ2n) is 5.24. The molecule has 0 saturated heterocycles. The van der Waals surface area contributed by atoms with E-state index in [9.17, 15) is 18.5 Å². The van der Waals surface area contributed by atoms with Crippen LogP contribution in [0.25, 0.3) is 5.82 Å². The van der Waals surface area contributed by atoms with E-state index in [1.165, 1.54) is 35.4 Å². The number of hydrogen-bond acceptors (Lipinski definition) is 7. The van der Waals surface area contributed by atoms with Crippen molar-refractivity contribution < 1.29 is 13.3 Å². The molecule has 3 aromatic rings. The van der Waals surface area contributed by atoms with Crippen LogP contribution >= 0.6 is 23.2 Å². The molecule has 0 aliphatic rings. The number of benzene rings is 1. The number of nitrogens with zero attached hydrogens (tertiary/aromatic N) is 4. The summed E-state index contributed by atoms with van der Waals surface area (Å²) < 4.78 is 24.1. The van der Waals surface area contributed by atoms with Crippen molar-refractivity contribution in [2.75, 3.05) is 5.32 Å². The van der Waals surface area contributed by atoms with Crippen LogP contribution in [0.2, 0.25) is 10.0 Å². The van der Waals surface area contributed by atoms with Gasteiger partial charge in [-0.15, -0.1) is 0 Å². The molecular weight excluding hydrogens is 419 g/mol. The van der Waals surface area contributed by atoms with Crippen molar-refractivity contribution in [3.05, 3.63) is 63.0 Å². The molecule has 10 nitrogen and oxygen atoms in total. The minimum Gasteiger partial charge on any atom is -0.347 e. The number of nitro benzene ring substituents is 1. The van der Waals surface area contributed by atoms with Gasteiger partial charge in [0.25, 0.3) is 5.69 Å². The summed E-state index contributed by atoms with van der Waals surface area (Å²) in [6.07, 6.45) is 4.29. The number of primary sulfonamides is 1. The Morgan fingerprint density at radius 2 is 1.96 bits per heavy atom. The van der Waals surface area contributed by atoms with Crippen molar-refractivity contribution in [1.29, 1.82) is 0 Å². The van der Waals surface area contributed by atoms with E-state index in [-0.39, 0.29) is 15.6 Å². The fraction of sp³-hybridized carbons (Fsp3) is 0. The molecule has 0 spiro atoms. The lowest BCUT2D eigenvalue weighted by Gasteiger charge is -2.06. The zero-order valence-electron chi connectivity index (χ0n) is 13.2. The van der Waals surface area contributed by atoms with Gasteiger partial charge in [0, 0.05) is 12.3 Å². The number of aromatic nitrogens is 3. The molecule has 0 saturated carbocycles. The number of nitrogens with one attached hydrogen (secondary N) is 1. The number of halogens is 2. The molecule has 2 aromatic heterocycles. The van der Waals surface area contributed by atoms with Crippen molar-refractivity contribution in [3.8, 4) is 5.82 Å². The van der Waals surface area contributed by atoms with Gasteiger partial charge in [0.2, 0.25) is 10.0 Å².